The number of carbonyl (C=O) groups excluding carboxylic acids is 3. The van der Waals surface area contributed by atoms with E-state index < -0.39 is 71.4 Å². The Morgan fingerprint density at radius 1 is 0.885 bits per heavy atom. The van der Waals surface area contributed by atoms with E-state index in [9.17, 15) is 46.2 Å². The van der Waals surface area contributed by atoms with Crippen LogP contribution in [0.3, 0.4) is 0 Å². The number of carboxylic acids is 1. The van der Waals surface area contributed by atoms with Gasteiger partial charge >= 0.3 is 18.1 Å². The molecular weight excluding hydrogens is 809 g/mol. The Hall–Kier alpha value is -6.85. The minimum atomic E-state index is -4.84. The molecule has 0 radical (unpaired) electrons. The smallest absolute Gasteiger partial charge is 0.417 e. The lowest BCUT2D eigenvalue weighted by molar-refractivity contribution is -0.148. The summed E-state index contributed by atoms with van der Waals surface area (Å²) in [6, 6.07) is 15.0. The molecule has 1 unspecified atom stereocenters. The molecule has 0 bridgehead atoms. The van der Waals surface area contributed by atoms with Crippen molar-refractivity contribution in [3.05, 3.63) is 114 Å². The van der Waals surface area contributed by atoms with Crippen LogP contribution in [0.5, 0.6) is 5.75 Å². The Morgan fingerprint density at radius 2 is 1.64 bits per heavy atom. The van der Waals surface area contributed by atoms with Crippen LogP contribution < -0.4 is 4.74 Å². The second-order valence-corrected chi connectivity index (χ2v) is 14.2. The highest BCUT2D eigenvalue weighted by atomic mass is 19.4. The van der Waals surface area contributed by atoms with Crippen LogP contribution in [0, 0.1) is 23.5 Å². The van der Waals surface area contributed by atoms with Gasteiger partial charge in [0.1, 0.15) is 34.4 Å². The maximum atomic E-state index is 14.6. The number of hydrogen-bond donors (Lipinski definition) is 1. The average molecular weight is 848 g/mol. The molecular formula is C43H38F5N5O8. The van der Waals surface area contributed by atoms with Crippen molar-refractivity contribution >= 4 is 23.5 Å². The molecule has 0 saturated heterocycles. The summed E-state index contributed by atoms with van der Waals surface area (Å²) in [6.45, 7) is 2.98. The van der Waals surface area contributed by atoms with E-state index in [0.717, 1.165) is 40.7 Å². The molecule has 318 valence electrons. The van der Waals surface area contributed by atoms with Crippen molar-refractivity contribution in [2.24, 2.45) is 11.8 Å². The van der Waals surface area contributed by atoms with E-state index >= 15 is 0 Å². The lowest BCUT2D eigenvalue weighted by atomic mass is 9.88. The highest BCUT2D eigenvalue weighted by Crippen LogP contribution is 2.40. The first-order valence-electron chi connectivity index (χ1n) is 19.1. The molecule has 3 heterocycles. The predicted octanol–water partition coefficient (Wildman–Crippen LogP) is 8.21. The highest BCUT2D eigenvalue weighted by Gasteiger charge is 2.37. The van der Waals surface area contributed by atoms with Crippen molar-refractivity contribution in [1.82, 2.24) is 24.9 Å². The fraction of sp³-hybridized carbons (Fsp3) is 0.302. The first kappa shape index (κ1) is 43.7. The molecule has 0 saturated carbocycles. The average Bonchev–Trinajstić information content (AvgIpc) is 3.88. The van der Waals surface area contributed by atoms with E-state index in [1.54, 1.807) is 37.3 Å². The summed E-state index contributed by atoms with van der Waals surface area (Å²) in [5, 5.41) is 17.8. The van der Waals surface area contributed by atoms with Gasteiger partial charge in [-0.3, -0.25) is 14.4 Å². The summed E-state index contributed by atoms with van der Waals surface area (Å²) < 4.78 is 88.7. The second-order valence-electron chi connectivity index (χ2n) is 14.2. The van der Waals surface area contributed by atoms with Crippen LogP contribution in [0.25, 0.3) is 34.0 Å². The van der Waals surface area contributed by atoms with E-state index in [1.165, 1.54) is 31.3 Å². The Bertz CT molecular complexity index is 2490. The largest absolute Gasteiger partial charge is 0.494 e. The van der Waals surface area contributed by atoms with Crippen LogP contribution in [-0.4, -0.2) is 66.7 Å². The first-order chi connectivity index (χ1) is 29.1. The molecule has 18 heteroatoms. The fourth-order valence-electron chi connectivity index (χ4n) is 6.46. The monoisotopic (exact) mass is 847 g/mol. The minimum Gasteiger partial charge on any atom is -0.494 e. The zero-order chi connectivity index (χ0) is 43.8. The number of benzene rings is 3. The van der Waals surface area contributed by atoms with Gasteiger partial charge in [0, 0.05) is 36.8 Å². The Morgan fingerprint density at radius 3 is 2.36 bits per heavy atom. The third-order valence-corrected chi connectivity index (χ3v) is 9.64. The van der Waals surface area contributed by atoms with Gasteiger partial charge < -0.3 is 19.1 Å². The summed E-state index contributed by atoms with van der Waals surface area (Å²) in [7, 11) is 0. The van der Waals surface area contributed by atoms with Gasteiger partial charge in [0.25, 0.3) is 0 Å². The molecule has 3 atom stereocenters. The molecule has 6 rings (SSSR count). The molecule has 0 amide bonds. The topological polar surface area (TPSA) is 177 Å². The lowest BCUT2D eigenvalue weighted by Gasteiger charge is -2.17. The van der Waals surface area contributed by atoms with Gasteiger partial charge in [-0.05, 0) is 48.7 Å². The van der Waals surface area contributed by atoms with E-state index in [1.807, 2.05) is 0 Å². The lowest BCUT2D eigenvalue weighted by Crippen LogP contribution is -2.26. The van der Waals surface area contributed by atoms with E-state index in [2.05, 4.69) is 20.2 Å². The van der Waals surface area contributed by atoms with Crippen LogP contribution in [0.1, 0.15) is 62.5 Å². The van der Waals surface area contributed by atoms with Crippen molar-refractivity contribution in [2.45, 2.75) is 58.2 Å². The number of halogens is 5. The number of nitrogens with zero attached hydrogens (tertiary/aromatic N) is 5. The molecule has 4 aromatic rings. The van der Waals surface area contributed by atoms with Crippen molar-refractivity contribution in [2.75, 3.05) is 13.2 Å². The number of Topliss-reactive ketones (excluding diaryl/α,β-unsaturated/α-hetero) is 2. The number of carbonyl (C=O) groups is 4. The SMILES string of the molecule is CCCOc1ccc(-c2cc(C(C(=O)OCCC(=O)C[C@@H](C)C(=O)C[C@@H](Cc3ccccc3)C(=O)O)n3cc4nc(-c5cccc(F)c5F)nc-4cn3)on2)c(C(F)(F)F)c1. The molecule has 13 nitrogen and oxygen atoms in total. The van der Waals surface area contributed by atoms with E-state index in [4.69, 9.17) is 14.0 Å². The molecule has 61 heavy (non-hydrogen) atoms. The quantitative estimate of drug-likeness (QED) is 0.0612. The number of rotatable bonds is 19. The van der Waals surface area contributed by atoms with E-state index in [0.29, 0.717) is 6.42 Å². The zero-order valence-electron chi connectivity index (χ0n) is 32.7. The number of alkyl halides is 3. The second kappa shape index (κ2) is 19.0. The molecule has 3 aromatic carbocycles. The van der Waals surface area contributed by atoms with Crippen LogP contribution in [0.2, 0.25) is 0 Å². The summed E-state index contributed by atoms with van der Waals surface area (Å²) in [5.74, 6) is -7.85. The molecule has 0 spiro atoms. The summed E-state index contributed by atoms with van der Waals surface area (Å²) >= 11 is 0. The van der Waals surface area contributed by atoms with Crippen LogP contribution in [0.15, 0.2) is 89.7 Å². The number of imidazole rings is 1. The minimum absolute atomic E-state index is 0.0229. The van der Waals surface area contributed by atoms with Crippen molar-refractivity contribution in [1.29, 1.82) is 0 Å². The molecule has 2 aliphatic rings. The third kappa shape index (κ3) is 10.7. The number of ketones is 2. The molecule has 1 N–H and O–H groups in total. The molecule has 0 aliphatic carbocycles. The van der Waals surface area contributed by atoms with Crippen LogP contribution >= 0.6 is 0 Å². The number of esters is 1. The van der Waals surface area contributed by atoms with Gasteiger partial charge in [0.15, 0.2) is 23.2 Å². The number of fused-ring (bicyclic) bond motifs is 1. The van der Waals surface area contributed by atoms with Gasteiger partial charge in [-0.15, -0.1) is 0 Å². The number of ether oxygens (including phenoxy) is 2. The number of aliphatic carboxylic acids is 1. The fourth-order valence-corrected chi connectivity index (χ4v) is 6.46. The normalized spacial score (nSPS) is 13.1. The van der Waals surface area contributed by atoms with Gasteiger partial charge in [0.2, 0.25) is 6.04 Å². The predicted molar refractivity (Wildman–Crippen MR) is 206 cm³/mol. The zero-order valence-corrected chi connectivity index (χ0v) is 32.7. The Balaban J connectivity index is 1.22. The summed E-state index contributed by atoms with van der Waals surface area (Å²) in [5.41, 5.74) is -1.12. The van der Waals surface area contributed by atoms with Crippen LogP contribution in [-0.2, 0) is 36.5 Å². The molecule has 2 aliphatic heterocycles. The number of aromatic nitrogens is 5. The van der Waals surface area contributed by atoms with E-state index in [-0.39, 0.29) is 77.8 Å². The van der Waals surface area contributed by atoms with Crippen molar-refractivity contribution < 1.29 is 60.2 Å². The van der Waals surface area contributed by atoms with Gasteiger partial charge in [0.05, 0.1) is 42.7 Å². The third-order valence-electron chi connectivity index (χ3n) is 9.64. The Labute approximate surface area is 344 Å². The maximum absolute atomic E-state index is 14.6. The Kier molecular flexibility index (Phi) is 13.6. The first-order valence-corrected chi connectivity index (χ1v) is 19.1. The number of hydrogen-bond acceptors (Lipinski definition) is 11. The number of carboxylic acid groups (broad SMARTS) is 1. The molecule has 0 fully saturated rings. The van der Waals surface area contributed by atoms with Gasteiger partial charge in [-0.1, -0.05) is 55.4 Å². The summed E-state index contributed by atoms with van der Waals surface area (Å²) in [6.07, 6.45) is -2.70. The van der Waals surface area contributed by atoms with Crippen molar-refractivity contribution in [3.8, 4) is 39.8 Å². The highest BCUT2D eigenvalue weighted by molar-refractivity contribution is 5.90. The van der Waals surface area contributed by atoms with Crippen molar-refractivity contribution in [3.63, 3.8) is 0 Å². The standard InChI is InChI=1S/C43H38F5N5O8/c1-3-15-59-28-12-13-29(31(20-28)43(46,47)48)33-21-37(61-52-33)39(53-23-35-34(22-49-53)50-40(51-35)30-10-7-11-32(44)38(30)45)42(58)60-16-14-27(54)17-24(2)36(55)19-26(41(56)57)18-25-8-5-4-6-9-25/h4-13,20-24,26,39H,3,14-19H2,1-2H3,(H,56,57)/t24-,26-,39?/m1/s1. The van der Waals surface area contributed by atoms with Gasteiger partial charge in [-0.2, -0.15) is 18.3 Å². The van der Waals surface area contributed by atoms with Crippen LogP contribution in [0.4, 0.5) is 22.0 Å². The van der Waals surface area contributed by atoms with Gasteiger partial charge in [-0.25, -0.2) is 28.2 Å². The summed E-state index contributed by atoms with van der Waals surface area (Å²) in [4.78, 5) is 60.1. The molecule has 1 aromatic heterocycles. The maximum Gasteiger partial charge on any atom is 0.417 e.